The number of nitrogens with zero attached hydrogens (tertiary/aromatic N) is 2. The molecule has 2 fully saturated rings. The molecule has 174 valence electrons. The molecule has 3 aliphatic rings. The van der Waals surface area contributed by atoms with Crippen LogP contribution in [-0.2, 0) is 19.6 Å². The summed E-state index contributed by atoms with van der Waals surface area (Å²) in [6.45, 7) is 7.27. The predicted octanol–water partition coefficient (Wildman–Crippen LogP) is 3.77. The largest absolute Gasteiger partial charge is 0.339 e. The van der Waals surface area contributed by atoms with Gasteiger partial charge in [0.25, 0.3) is 10.0 Å². The molecule has 0 aromatic heterocycles. The van der Waals surface area contributed by atoms with E-state index in [-0.39, 0.29) is 44.1 Å². The third kappa shape index (κ3) is 4.24. The molecule has 0 spiro atoms. The lowest BCUT2D eigenvalue weighted by Gasteiger charge is -2.39. The first-order chi connectivity index (χ1) is 14.8. The molecule has 2 bridgehead atoms. The van der Waals surface area contributed by atoms with Gasteiger partial charge < -0.3 is 10.2 Å². The molecule has 0 radical (unpaired) electrons. The van der Waals surface area contributed by atoms with E-state index in [4.69, 9.17) is 23.2 Å². The highest BCUT2D eigenvalue weighted by atomic mass is 35.5. The zero-order chi connectivity index (χ0) is 23.5. The van der Waals surface area contributed by atoms with Crippen LogP contribution in [0.3, 0.4) is 0 Å². The minimum absolute atomic E-state index is 0.0443. The summed E-state index contributed by atoms with van der Waals surface area (Å²) in [5.74, 6) is -0.751. The maximum Gasteiger partial charge on any atom is 0.264 e. The van der Waals surface area contributed by atoms with Gasteiger partial charge in [0, 0.05) is 25.0 Å². The number of carbonyl (C=O) groups is 2. The van der Waals surface area contributed by atoms with Gasteiger partial charge in [-0.3, -0.25) is 13.9 Å². The van der Waals surface area contributed by atoms with Crippen molar-refractivity contribution in [3.05, 3.63) is 40.6 Å². The Hall–Kier alpha value is -1.77. The van der Waals surface area contributed by atoms with Gasteiger partial charge in [0.05, 0.1) is 21.4 Å². The zero-order valence-electron chi connectivity index (χ0n) is 18.3. The quantitative estimate of drug-likeness (QED) is 0.682. The fraction of sp³-hybridized carbons (Fsp3) is 0.545. The number of hydrogen-bond donors (Lipinski definition) is 1. The maximum atomic E-state index is 13.3. The van der Waals surface area contributed by atoms with Crippen LogP contribution >= 0.6 is 23.2 Å². The molecule has 4 rings (SSSR count). The fourth-order valence-corrected chi connectivity index (χ4v) is 7.57. The Morgan fingerprint density at radius 3 is 2.59 bits per heavy atom. The molecule has 32 heavy (non-hydrogen) atoms. The topological polar surface area (TPSA) is 86.8 Å². The number of sulfonamides is 1. The third-order valence-corrected chi connectivity index (χ3v) is 9.15. The summed E-state index contributed by atoms with van der Waals surface area (Å²) in [7, 11) is -4.13. The van der Waals surface area contributed by atoms with E-state index in [1.54, 1.807) is 0 Å². The Bertz CT molecular complexity index is 1100. The van der Waals surface area contributed by atoms with Gasteiger partial charge in [-0.1, -0.05) is 44.0 Å². The van der Waals surface area contributed by atoms with E-state index in [2.05, 4.69) is 26.1 Å². The smallest absolute Gasteiger partial charge is 0.264 e. The number of likely N-dealkylation sites (tertiary alicyclic amines) is 1. The van der Waals surface area contributed by atoms with Crippen LogP contribution < -0.4 is 5.32 Å². The van der Waals surface area contributed by atoms with Gasteiger partial charge in [0.1, 0.15) is 6.04 Å². The predicted molar refractivity (Wildman–Crippen MR) is 122 cm³/mol. The van der Waals surface area contributed by atoms with Crippen LogP contribution in [0.4, 0.5) is 0 Å². The normalized spacial score (nSPS) is 29.2. The highest BCUT2D eigenvalue weighted by Crippen LogP contribution is 2.52. The number of rotatable bonds is 4. The van der Waals surface area contributed by atoms with Crippen molar-refractivity contribution in [2.45, 2.75) is 63.4 Å². The number of hydrogen-bond acceptors (Lipinski definition) is 4. The van der Waals surface area contributed by atoms with Gasteiger partial charge in [-0.15, -0.1) is 0 Å². The van der Waals surface area contributed by atoms with Crippen molar-refractivity contribution in [3.63, 3.8) is 0 Å². The molecule has 10 heteroatoms. The highest BCUT2D eigenvalue weighted by Gasteiger charge is 2.51. The molecular formula is C22H27Cl2N3O4S. The van der Waals surface area contributed by atoms with Gasteiger partial charge >= 0.3 is 0 Å². The van der Waals surface area contributed by atoms with Gasteiger partial charge in [0.15, 0.2) is 0 Å². The van der Waals surface area contributed by atoms with E-state index in [0.29, 0.717) is 6.54 Å². The zero-order valence-corrected chi connectivity index (χ0v) is 20.6. The average Bonchev–Trinajstić information content (AvgIpc) is 2.94. The highest BCUT2D eigenvalue weighted by molar-refractivity contribution is 7.89. The number of amides is 2. The van der Waals surface area contributed by atoms with Crippen LogP contribution in [0.5, 0.6) is 0 Å². The minimum Gasteiger partial charge on any atom is -0.339 e. The van der Waals surface area contributed by atoms with Crippen molar-refractivity contribution in [3.8, 4) is 0 Å². The molecule has 1 aromatic carbocycles. The lowest BCUT2D eigenvalue weighted by atomic mass is 9.65. The van der Waals surface area contributed by atoms with Gasteiger partial charge in [-0.25, -0.2) is 8.42 Å². The first-order valence-electron chi connectivity index (χ1n) is 10.6. The summed E-state index contributed by atoms with van der Waals surface area (Å²) in [5, 5.41) is 2.84. The van der Waals surface area contributed by atoms with Crippen LogP contribution in [0, 0.1) is 10.8 Å². The molecule has 0 unspecified atom stereocenters. The van der Waals surface area contributed by atoms with Crippen LogP contribution in [0.25, 0.3) is 0 Å². The molecular weight excluding hydrogens is 473 g/mol. The third-order valence-electron chi connectivity index (χ3n) is 6.63. The van der Waals surface area contributed by atoms with Crippen molar-refractivity contribution in [2.75, 3.05) is 6.54 Å². The van der Waals surface area contributed by atoms with E-state index in [9.17, 15) is 18.0 Å². The molecule has 2 heterocycles. The second-order valence-electron chi connectivity index (χ2n) is 10.2. The second kappa shape index (κ2) is 7.92. The van der Waals surface area contributed by atoms with Crippen LogP contribution in [-0.4, -0.2) is 48.1 Å². The second-order valence-corrected chi connectivity index (χ2v) is 12.8. The number of carbonyl (C=O) groups excluding carboxylic acids is 2. The summed E-state index contributed by atoms with van der Waals surface area (Å²) in [6, 6.07) is 2.88. The first-order valence-corrected chi connectivity index (χ1v) is 12.8. The lowest BCUT2D eigenvalue weighted by molar-refractivity contribution is -0.136. The molecule has 2 amide bonds. The summed E-state index contributed by atoms with van der Waals surface area (Å²) < 4.78 is 27.5. The molecule has 1 saturated heterocycles. The molecule has 1 aliphatic carbocycles. The van der Waals surface area contributed by atoms with E-state index in [1.165, 1.54) is 30.6 Å². The SMILES string of the molecule is CC1(C)C[C@H]2C[C@](C)(CN2C(=O)C[C@@H]2C(=O)NC=CN2S(=O)(=O)c2ccc(Cl)c(Cl)c2)C1. The van der Waals surface area contributed by atoms with Crippen molar-refractivity contribution in [1.29, 1.82) is 0 Å². The van der Waals surface area contributed by atoms with Gasteiger partial charge in [-0.2, -0.15) is 0 Å². The van der Waals surface area contributed by atoms with E-state index in [1.807, 2.05) is 4.90 Å². The Kier molecular flexibility index (Phi) is 5.79. The Morgan fingerprint density at radius 2 is 1.91 bits per heavy atom. The summed E-state index contributed by atoms with van der Waals surface area (Å²) >= 11 is 11.9. The molecule has 2 aliphatic heterocycles. The monoisotopic (exact) mass is 499 g/mol. The van der Waals surface area contributed by atoms with Crippen molar-refractivity contribution >= 4 is 45.0 Å². The molecule has 1 N–H and O–H groups in total. The fourth-order valence-electron chi connectivity index (χ4n) is 5.73. The molecule has 1 aromatic rings. The van der Waals surface area contributed by atoms with Gasteiger partial charge in [0.2, 0.25) is 11.8 Å². The number of nitrogens with one attached hydrogen (secondary N) is 1. The van der Waals surface area contributed by atoms with Crippen molar-refractivity contribution in [1.82, 2.24) is 14.5 Å². The minimum atomic E-state index is -4.13. The number of halogens is 2. The summed E-state index contributed by atoms with van der Waals surface area (Å²) in [4.78, 5) is 27.7. The Labute approximate surface area is 198 Å². The van der Waals surface area contributed by atoms with Crippen LogP contribution in [0.1, 0.15) is 46.5 Å². The van der Waals surface area contributed by atoms with Crippen LogP contribution in [0.15, 0.2) is 35.5 Å². The van der Waals surface area contributed by atoms with E-state index >= 15 is 0 Å². The number of benzene rings is 1. The number of fused-ring (bicyclic) bond motifs is 2. The first kappa shape index (κ1) is 23.4. The average molecular weight is 500 g/mol. The standard InChI is InChI=1S/C22H27Cl2N3O4S/c1-21(2)10-14-11-22(3,12-21)13-26(14)19(28)9-18-20(29)25-6-7-27(18)32(30,31)15-4-5-16(23)17(24)8-15/h4-8,14,18H,9-13H2,1-3H3,(H,25,29)/t14-,18+,22-/m0/s1. The molecule has 7 nitrogen and oxygen atoms in total. The van der Waals surface area contributed by atoms with Crippen molar-refractivity contribution < 1.29 is 18.0 Å². The van der Waals surface area contributed by atoms with Crippen molar-refractivity contribution in [2.24, 2.45) is 10.8 Å². The maximum absolute atomic E-state index is 13.3. The van der Waals surface area contributed by atoms with E-state index in [0.717, 1.165) is 23.6 Å². The van der Waals surface area contributed by atoms with Crippen LogP contribution in [0.2, 0.25) is 10.0 Å². The van der Waals surface area contributed by atoms with E-state index < -0.39 is 22.0 Å². The lowest BCUT2D eigenvalue weighted by Crippen LogP contribution is -2.51. The Balaban J connectivity index is 1.59. The van der Waals surface area contributed by atoms with Gasteiger partial charge in [-0.05, 0) is 48.3 Å². The summed E-state index contributed by atoms with van der Waals surface area (Å²) in [6.07, 6.45) is 5.16. The molecule has 3 atom stereocenters. The molecule has 1 saturated carbocycles. The summed E-state index contributed by atoms with van der Waals surface area (Å²) in [5.41, 5.74) is 0.184. The Morgan fingerprint density at radius 1 is 1.19 bits per heavy atom.